The Balaban J connectivity index is 1.61. The highest BCUT2D eigenvalue weighted by Gasteiger charge is 2.34. The van der Waals surface area contributed by atoms with E-state index in [1.165, 1.54) is 38.5 Å². The van der Waals surface area contributed by atoms with Crippen LogP contribution < -0.4 is 5.32 Å². The van der Waals surface area contributed by atoms with Crippen molar-refractivity contribution in [1.29, 1.82) is 0 Å². The number of hydrogen-bond acceptors (Lipinski definition) is 2. The van der Waals surface area contributed by atoms with Crippen molar-refractivity contribution in [1.82, 2.24) is 5.32 Å². The van der Waals surface area contributed by atoms with Crippen LogP contribution in [-0.2, 0) is 4.74 Å². The molecule has 0 radical (unpaired) electrons. The van der Waals surface area contributed by atoms with Gasteiger partial charge in [0.2, 0.25) is 0 Å². The molecule has 0 saturated heterocycles. The average Bonchev–Trinajstić information content (AvgIpc) is 2.50. The van der Waals surface area contributed by atoms with Gasteiger partial charge in [0.05, 0.1) is 11.7 Å². The SMILES string of the molecule is CC(C)(C)OC1CC(NC2CCCC2)C1. The van der Waals surface area contributed by atoms with Crippen molar-refractivity contribution in [2.75, 3.05) is 0 Å². The van der Waals surface area contributed by atoms with Gasteiger partial charge in [0.25, 0.3) is 0 Å². The van der Waals surface area contributed by atoms with Gasteiger partial charge in [-0.15, -0.1) is 0 Å². The second kappa shape index (κ2) is 4.42. The number of nitrogens with one attached hydrogen (secondary N) is 1. The summed E-state index contributed by atoms with van der Waals surface area (Å²) < 4.78 is 5.93. The molecule has 88 valence electrons. The van der Waals surface area contributed by atoms with Crippen LogP contribution in [0.2, 0.25) is 0 Å². The summed E-state index contributed by atoms with van der Waals surface area (Å²) in [6.07, 6.45) is 8.56. The largest absolute Gasteiger partial charge is 0.373 e. The first-order valence-corrected chi connectivity index (χ1v) is 6.47. The second-order valence-electron chi connectivity index (χ2n) is 6.17. The number of rotatable bonds is 3. The Morgan fingerprint density at radius 3 is 2.13 bits per heavy atom. The molecule has 0 aromatic rings. The van der Waals surface area contributed by atoms with E-state index in [9.17, 15) is 0 Å². The van der Waals surface area contributed by atoms with Gasteiger partial charge in [-0.1, -0.05) is 12.8 Å². The average molecular weight is 211 g/mol. The van der Waals surface area contributed by atoms with E-state index < -0.39 is 0 Å². The zero-order chi connectivity index (χ0) is 10.9. The van der Waals surface area contributed by atoms with E-state index in [0.717, 1.165) is 12.1 Å². The molecule has 0 aliphatic heterocycles. The van der Waals surface area contributed by atoms with Crippen molar-refractivity contribution in [2.24, 2.45) is 0 Å². The molecule has 2 saturated carbocycles. The molecule has 2 nitrogen and oxygen atoms in total. The smallest absolute Gasteiger partial charge is 0.0612 e. The molecule has 2 fully saturated rings. The van der Waals surface area contributed by atoms with Crippen molar-refractivity contribution in [3.63, 3.8) is 0 Å². The van der Waals surface area contributed by atoms with Crippen molar-refractivity contribution in [2.45, 2.75) is 83.1 Å². The maximum Gasteiger partial charge on any atom is 0.0612 e. The first-order valence-electron chi connectivity index (χ1n) is 6.47. The van der Waals surface area contributed by atoms with Gasteiger partial charge in [-0.05, 0) is 46.5 Å². The van der Waals surface area contributed by atoms with Gasteiger partial charge in [-0.2, -0.15) is 0 Å². The van der Waals surface area contributed by atoms with Crippen LogP contribution in [0.1, 0.15) is 59.3 Å². The predicted molar refractivity (Wildman–Crippen MR) is 63.0 cm³/mol. The molecule has 0 heterocycles. The summed E-state index contributed by atoms with van der Waals surface area (Å²) in [5, 5.41) is 3.75. The van der Waals surface area contributed by atoms with Crippen LogP contribution in [0.4, 0.5) is 0 Å². The number of hydrogen-bond donors (Lipinski definition) is 1. The Labute approximate surface area is 93.8 Å². The molecule has 1 N–H and O–H groups in total. The van der Waals surface area contributed by atoms with Gasteiger partial charge in [-0.25, -0.2) is 0 Å². The zero-order valence-electron chi connectivity index (χ0n) is 10.4. The summed E-state index contributed by atoms with van der Waals surface area (Å²) in [6.45, 7) is 6.43. The second-order valence-corrected chi connectivity index (χ2v) is 6.17. The molecule has 0 amide bonds. The first-order chi connectivity index (χ1) is 7.03. The summed E-state index contributed by atoms with van der Waals surface area (Å²) >= 11 is 0. The maximum absolute atomic E-state index is 5.93. The fourth-order valence-electron chi connectivity index (χ4n) is 2.72. The Morgan fingerprint density at radius 2 is 1.60 bits per heavy atom. The molecule has 0 spiro atoms. The minimum absolute atomic E-state index is 0.0307. The Bertz CT molecular complexity index is 197. The highest BCUT2D eigenvalue weighted by atomic mass is 16.5. The Kier molecular flexibility index (Phi) is 3.36. The molecule has 15 heavy (non-hydrogen) atoms. The maximum atomic E-state index is 5.93. The van der Waals surface area contributed by atoms with E-state index in [2.05, 4.69) is 26.1 Å². The molecular formula is C13H25NO. The minimum atomic E-state index is 0.0307. The van der Waals surface area contributed by atoms with E-state index in [4.69, 9.17) is 4.74 Å². The van der Waals surface area contributed by atoms with E-state index in [1.54, 1.807) is 0 Å². The van der Waals surface area contributed by atoms with Crippen molar-refractivity contribution in [3.05, 3.63) is 0 Å². The van der Waals surface area contributed by atoms with Crippen LogP contribution in [-0.4, -0.2) is 23.8 Å². The molecule has 2 heteroatoms. The molecule has 2 aliphatic carbocycles. The summed E-state index contributed by atoms with van der Waals surface area (Å²) in [5.41, 5.74) is 0.0307. The van der Waals surface area contributed by atoms with Gasteiger partial charge >= 0.3 is 0 Å². The van der Waals surface area contributed by atoms with Gasteiger partial charge in [0.1, 0.15) is 0 Å². The minimum Gasteiger partial charge on any atom is -0.373 e. The van der Waals surface area contributed by atoms with Gasteiger partial charge < -0.3 is 10.1 Å². The molecule has 2 rings (SSSR count). The summed E-state index contributed by atoms with van der Waals surface area (Å²) in [6, 6.07) is 1.55. The van der Waals surface area contributed by atoms with Crippen LogP contribution in [0.5, 0.6) is 0 Å². The van der Waals surface area contributed by atoms with Crippen LogP contribution >= 0.6 is 0 Å². The van der Waals surface area contributed by atoms with Crippen LogP contribution in [0.15, 0.2) is 0 Å². The molecule has 0 atom stereocenters. The first kappa shape index (κ1) is 11.4. The normalized spacial score (nSPS) is 33.0. The molecule has 0 unspecified atom stereocenters. The third-order valence-corrected chi connectivity index (χ3v) is 3.44. The fourth-order valence-corrected chi connectivity index (χ4v) is 2.72. The lowest BCUT2D eigenvalue weighted by atomic mass is 9.88. The van der Waals surface area contributed by atoms with E-state index in [0.29, 0.717) is 6.10 Å². The lowest BCUT2D eigenvalue weighted by molar-refractivity contribution is -0.103. The molecule has 0 aromatic carbocycles. The van der Waals surface area contributed by atoms with Crippen molar-refractivity contribution < 1.29 is 4.74 Å². The quantitative estimate of drug-likeness (QED) is 0.775. The summed E-state index contributed by atoms with van der Waals surface area (Å²) in [7, 11) is 0. The molecular weight excluding hydrogens is 186 g/mol. The standard InChI is InChI=1S/C13H25NO/c1-13(2,3)15-12-8-11(9-12)14-10-6-4-5-7-10/h10-12,14H,4-9H2,1-3H3. The van der Waals surface area contributed by atoms with Gasteiger partial charge in [0.15, 0.2) is 0 Å². The zero-order valence-corrected chi connectivity index (χ0v) is 10.4. The molecule has 0 aromatic heterocycles. The third kappa shape index (κ3) is 3.46. The Morgan fingerprint density at radius 1 is 1.00 bits per heavy atom. The van der Waals surface area contributed by atoms with E-state index in [1.807, 2.05) is 0 Å². The predicted octanol–water partition coefficient (Wildman–Crippen LogP) is 2.86. The van der Waals surface area contributed by atoms with E-state index >= 15 is 0 Å². The lowest BCUT2D eigenvalue weighted by Gasteiger charge is -2.40. The highest BCUT2D eigenvalue weighted by Crippen LogP contribution is 2.29. The topological polar surface area (TPSA) is 21.3 Å². The monoisotopic (exact) mass is 211 g/mol. The molecule has 2 aliphatic rings. The van der Waals surface area contributed by atoms with Gasteiger partial charge in [0, 0.05) is 12.1 Å². The van der Waals surface area contributed by atoms with Crippen LogP contribution in [0.25, 0.3) is 0 Å². The van der Waals surface area contributed by atoms with Crippen molar-refractivity contribution >= 4 is 0 Å². The van der Waals surface area contributed by atoms with Crippen LogP contribution in [0.3, 0.4) is 0 Å². The fraction of sp³-hybridized carbons (Fsp3) is 1.00. The summed E-state index contributed by atoms with van der Waals surface area (Å²) in [4.78, 5) is 0. The van der Waals surface area contributed by atoms with Crippen LogP contribution in [0, 0.1) is 0 Å². The van der Waals surface area contributed by atoms with Gasteiger partial charge in [-0.3, -0.25) is 0 Å². The Hall–Kier alpha value is -0.0800. The number of ether oxygens (including phenoxy) is 1. The third-order valence-electron chi connectivity index (χ3n) is 3.44. The van der Waals surface area contributed by atoms with Crippen molar-refractivity contribution in [3.8, 4) is 0 Å². The molecule has 0 bridgehead atoms. The van der Waals surface area contributed by atoms with E-state index in [-0.39, 0.29) is 5.60 Å². The highest BCUT2D eigenvalue weighted by molar-refractivity contribution is 4.90. The lowest BCUT2D eigenvalue weighted by Crippen LogP contribution is -2.50. The summed E-state index contributed by atoms with van der Waals surface area (Å²) in [5.74, 6) is 0.